The van der Waals surface area contributed by atoms with E-state index in [1.807, 2.05) is 12.1 Å². The second kappa shape index (κ2) is 5.77. The Kier molecular flexibility index (Phi) is 4.23. The standard InChI is InChI=1S/C15H17ClN2O3/c1-8(2)9-5-10(14(21-4)11(16)6-9)13-7-12(15(19)20)17-18(13)3/h5-8H,1-4H3,(H,19,20). The summed E-state index contributed by atoms with van der Waals surface area (Å²) in [6.07, 6.45) is 0. The number of carboxylic acid groups (broad SMARTS) is 1. The van der Waals surface area contributed by atoms with E-state index in [1.165, 1.54) is 17.9 Å². The number of hydrogen-bond acceptors (Lipinski definition) is 3. The first kappa shape index (κ1) is 15.4. The minimum atomic E-state index is -1.07. The fourth-order valence-electron chi connectivity index (χ4n) is 2.17. The van der Waals surface area contributed by atoms with Gasteiger partial charge in [-0.25, -0.2) is 4.79 Å². The van der Waals surface area contributed by atoms with Crippen LogP contribution < -0.4 is 4.74 Å². The highest BCUT2D eigenvalue weighted by atomic mass is 35.5. The molecule has 1 aromatic heterocycles. The second-order valence-corrected chi connectivity index (χ2v) is 5.49. The van der Waals surface area contributed by atoms with Crippen molar-refractivity contribution in [2.24, 2.45) is 7.05 Å². The van der Waals surface area contributed by atoms with Gasteiger partial charge in [0.05, 0.1) is 17.8 Å². The molecule has 1 aromatic carbocycles. The van der Waals surface area contributed by atoms with Crippen LogP contribution in [0.2, 0.25) is 5.02 Å². The molecular weight excluding hydrogens is 292 g/mol. The molecule has 21 heavy (non-hydrogen) atoms. The van der Waals surface area contributed by atoms with Gasteiger partial charge in [0, 0.05) is 12.6 Å². The van der Waals surface area contributed by atoms with Crippen LogP contribution in [0.5, 0.6) is 5.75 Å². The predicted octanol–water partition coefficient (Wildman–Crippen LogP) is 3.57. The molecule has 0 aliphatic carbocycles. The molecule has 2 aromatic rings. The highest BCUT2D eigenvalue weighted by molar-refractivity contribution is 6.32. The van der Waals surface area contributed by atoms with Crippen LogP contribution in [0.15, 0.2) is 18.2 Å². The molecule has 112 valence electrons. The van der Waals surface area contributed by atoms with E-state index < -0.39 is 5.97 Å². The van der Waals surface area contributed by atoms with Gasteiger partial charge in [-0.1, -0.05) is 25.4 Å². The van der Waals surface area contributed by atoms with Gasteiger partial charge in [0.25, 0.3) is 0 Å². The van der Waals surface area contributed by atoms with Crippen molar-refractivity contribution >= 4 is 17.6 Å². The Morgan fingerprint density at radius 1 is 1.38 bits per heavy atom. The van der Waals surface area contributed by atoms with Gasteiger partial charge >= 0.3 is 5.97 Å². The summed E-state index contributed by atoms with van der Waals surface area (Å²) >= 11 is 6.28. The van der Waals surface area contributed by atoms with Crippen LogP contribution >= 0.6 is 11.6 Å². The lowest BCUT2D eigenvalue weighted by Gasteiger charge is -2.14. The summed E-state index contributed by atoms with van der Waals surface area (Å²) in [5, 5.41) is 13.5. The van der Waals surface area contributed by atoms with Gasteiger partial charge in [0.15, 0.2) is 5.69 Å². The molecule has 0 atom stereocenters. The first-order valence-corrected chi connectivity index (χ1v) is 6.88. The zero-order chi connectivity index (χ0) is 15.7. The average molecular weight is 309 g/mol. The largest absolute Gasteiger partial charge is 0.494 e. The van der Waals surface area contributed by atoms with E-state index >= 15 is 0 Å². The van der Waals surface area contributed by atoms with Gasteiger partial charge in [-0.15, -0.1) is 0 Å². The van der Waals surface area contributed by atoms with Crippen LogP contribution in [0, 0.1) is 0 Å². The van der Waals surface area contributed by atoms with Gasteiger partial charge in [-0.3, -0.25) is 4.68 Å². The summed E-state index contributed by atoms with van der Waals surface area (Å²) in [6.45, 7) is 4.13. The number of aryl methyl sites for hydroxylation is 1. The van der Waals surface area contributed by atoms with Crippen molar-refractivity contribution in [1.29, 1.82) is 0 Å². The fourth-order valence-corrected chi connectivity index (χ4v) is 2.47. The Labute approximate surface area is 128 Å². The molecule has 6 heteroatoms. The van der Waals surface area contributed by atoms with Crippen LogP contribution in [-0.2, 0) is 7.05 Å². The van der Waals surface area contributed by atoms with Crippen molar-refractivity contribution in [3.05, 3.63) is 34.5 Å². The number of carboxylic acids is 1. The van der Waals surface area contributed by atoms with E-state index in [4.69, 9.17) is 21.4 Å². The average Bonchev–Trinajstić information content (AvgIpc) is 2.79. The number of methoxy groups -OCH3 is 1. The molecule has 0 saturated heterocycles. The number of benzene rings is 1. The van der Waals surface area contributed by atoms with Crippen molar-refractivity contribution in [2.45, 2.75) is 19.8 Å². The normalized spacial score (nSPS) is 11.0. The van der Waals surface area contributed by atoms with E-state index in [0.29, 0.717) is 22.4 Å². The first-order chi connectivity index (χ1) is 9.85. The second-order valence-electron chi connectivity index (χ2n) is 5.08. The molecular formula is C15H17ClN2O3. The minimum Gasteiger partial charge on any atom is -0.494 e. The molecule has 0 bridgehead atoms. The lowest BCUT2D eigenvalue weighted by Crippen LogP contribution is -2.00. The lowest BCUT2D eigenvalue weighted by molar-refractivity contribution is 0.0689. The van der Waals surface area contributed by atoms with Crippen molar-refractivity contribution in [3.8, 4) is 17.0 Å². The van der Waals surface area contributed by atoms with Crippen LogP contribution in [0.25, 0.3) is 11.3 Å². The number of ether oxygens (including phenoxy) is 1. The highest BCUT2D eigenvalue weighted by Crippen LogP contribution is 2.39. The van der Waals surface area contributed by atoms with E-state index in [-0.39, 0.29) is 5.69 Å². The number of aromatic carboxylic acids is 1. The monoisotopic (exact) mass is 308 g/mol. The molecule has 0 radical (unpaired) electrons. The summed E-state index contributed by atoms with van der Waals surface area (Å²) in [5.41, 5.74) is 2.42. The Morgan fingerprint density at radius 2 is 2.05 bits per heavy atom. The molecule has 1 heterocycles. The van der Waals surface area contributed by atoms with Crippen molar-refractivity contribution in [2.75, 3.05) is 7.11 Å². The topological polar surface area (TPSA) is 64.3 Å². The first-order valence-electron chi connectivity index (χ1n) is 6.50. The quantitative estimate of drug-likeness (QED) is 0.937. The molecule has 2 rings (SSSR count). The molecule has 0 amide bonds. The number of halogens is 1. The maximum atomic E-state index is 11.1. The fraction of sp³-hybridized carbons (Fsp3) is 0.333. The minimum absolute atomic E-state index is 0.0133. The smallest absolute Gasteiger partial charge is 0.356 e. The van der Waals surface area contributed by atoms with E-state index in [2.05, 4.69) is 18.9 Å². The summed E-state index contributed by atoms with van der Waals surface area (Å²) in [7, 11) is 3.23. The number of carbonyl (C=O) groups is 1. The zero-order valence-electron chi connectivity index (χ0n) is 12.3. The maximum absolute atomic E-state index is 11.1. The molecule has 0 unspecified atom stereocenters. The Balaban J connectivity index is 2.69. The summed E-state index contributed by atoms with van der Waals surface area (Å²) < 4.78 is 6.89. The van der Waals surface area contributed by atoms with Gasteiger partial charge in [-0.2, -0.15) is 5.10 Å². The summed E-state index contributed by atoms with van der Waals surface area (Å²) in [5.74, 6) is -0.262. The van der Waals surface area contributed by atoms with E-state index in [0.717, 1.165) is 11.1 Å². The number of hydrogen-bond donors (Lipinski definition) is 1. The Bertz CT molecular complexity index is 692. The van der Waals surface area contributed by atoms with Crippen LogP contribution in [0.3, 0.4) is 0 Å². The van der Waals surface area contributed by atoms with Crippen molar-refractivity contribution in [3.63, 3.8) is 0 Å². The third-order valence-corrected chi connectivity index (χ3v) is 3.59. The van der Waals surface area contributed by atoms with E-state index in [1.54, 1.807) is 7.05 Å². The van der Waals surface area contributed by atoms with Gasteiger partial charge < -0.3 is 9.84 Å². The molecule has 0 fully saturated rings. The molecule has 0 saturated carbocycles. The third-order valence-electron chi connectivity index (χ3n) is 3.31. The zero-order valence-corrected chi connectivity index (χ0v) is 13.1. The predicted molar refractivity (Wildman–Crippen MR) is 81.3 cm³/mol. The molecule has 0 spiro atoms. The van der Waals surface area contributed by atoms with Crippen molar-refractivity contribution in [1.82, 2.24) is 9.78 Å². The van der Waals surface area contributed by atoms with Crippen molar-refractivity contribution < 1.29 is 14.6 Å². The summed E-state index contributed by atoms with van der Waals surface area (Å²) in [4.78, 5) is 11.1. The molecule has 5 nitrogen and oxygen atoms in total. The van der Waals surface area contributed by atoms with Crippen LogP contribution in [0.4, 0.5) is 0 Å². The number of rotatable bonds is 4. The van der Waals surface area contributed by atoms with Gasteiger partial charge in [0.1, 0.15) is 5.75 Å². The molecule has 0 aliphatic heterocycles. The summed E-state index contributed by atoms with van der Waals surface area (Å²) in [6, 6.07) is 5.33. The lowest BCUT2D eigenvalue weighted by atomic mass is 9.98. The number of nitrogens with zero attached hydrogens (tertiary/aromatic N) is 2. The Morgan fingerprint density at radius 3 is 2.52 bits per heavy atom. The highest BCUT2D eigenvalue weighted by Gasteiger charge is 2.19. The van der Waals surface area contributed by atoms with Gasteiger partial charge in [-0.05, 0) is 29.7 Å². The van der Waals surface area contributed by atoms with Gasteiger partial charge in [0.2, 0.25) is 0 Å². The SMILES string of the molecule is COc1c(Cl)cc(C(C)C)cc1-c1cc(C(=O)O)nn1C. The van der Waals surface area contributed by atoms with Crippen LogP contribution in [-0.4, -0.2) is 28.0 Å². The molecule has 1 N–H and O–H groups in total. The van der Waals surface area contributed by atoms with Crippen LogP contribution in [0.1, 0.15) is 35.8 Å². The third kappa shape index (κ3) is 2.88. The maximum Gasteiger partial charge on any atom is 0.356 e. The Hall–Kier alpha value is -2.01. The van der Waals surface area contributed by atoms with E-state index in [9.17, 15) is 4.79 Å². The molecule has 0 aliphatic rings. The number of aromatic nitrogens is 2.